The number of benzene rings is 1. The maximum Gasteiger partial charge on any atom is 0.234 e. The average Bonchev–Trinajstić information content (AvgIpc) is 2.79. The molecule has 32 heavy (non-hydrogen) atoms. The number of guanidine groups is 1. The Balaban J connectivity index is 1.72. The van der Waals surface area contributed by atoms with Crippen molar-refractivity contribution in [3.63, 3.8) is 0 Å². The third-order valence-corrected chi connectivity index (χ3v) is 6.06. The largest absolute Gasteiger partial charge is 0.357 e. The van der Waals surface area contributed by atoms with E-state index in [1.807, 2.05) is 0 Å². The normalized spacial score (nSPS) is 16.7. The summed E-state index contributed by atoms with van der Waals surface area (Å²) in [4.78, 5) is 21.4. The smallest absolute Gasteiger partial charge is 0.234 e. The van der Waals surface area contributed by atoms with Crippen LogP contribution in [0.15, 0.2) is 35.3 Å². The zero-order valence-corrected chi connectivity index (χ0v) is 20.6. The van der Waals surface area contributed by atoms with Crippen molar-refractivity contribution in [2.24, 2.45) is 4.99 Å². The number of rotatable bonds is 12. The van der Waals surface area contributed by atoms with Crippen LogP contribution in [0.5, 0.6) is 0 Å². The summed E-state index contributed by atoms with van der Waals surface area (Å²) < 4.78 is 0. The SMILES string of the molecule is CCCNC(=O)CN1CCC(NC(=NCCC(C)N(C)Cc2ccccc2)NCC)CC1. The van der Waals surface area contributed by atoms with Gasteiger partial charge in [-0.2, -0.15) is 0 Å². The summed E-state index contributed by atoms with van der Waals surface area (Å²) in [6, 6.07) is 11.5. The van der Waals surface area contributed by atoms with Gasteiger partial charge in [0.15, 0.2) is 5.96 Å². The highest BCUT2D eigenvalue weighted by molar-refractivity contribution is 5.80. The van der Waals surface area contributed by atoms with Crippen LogP contribution in [0.4, 0.5) is 0 Å². The molecule has 1 amide bonds. The summed E-state index contributed by atoms with van der Waals surface area (Å²) in [6.45, 7) is 12.2. The van der Waals surface area contributed by atoms with Crippen LogP contribution >= 0.6 is 0 Å². The highest BCUT2D eigenvalue weighted by atomic mass is 16.2. The Kier molecular flexibility index (Phi) is 12.1. The first kappa shape index (κ1) is 26.1. The molecule has 1 aliphatic heterocycles. The Labute approximate surface area is 195 Å². The molecular formula is C25H44N6O. The summed E-state index contributed by atoms with van der Waals surface area (Å²) in [5, 5.41) is 9.96. The summed E-state index contributed by atoms with van der Waals surface area (Å²) >= 11 is 0. The van der Waals surface area contributed by atoms with Crippen molar-refractivity contribution in [1.29, 1.82) is 0 Å². The van der Waals surface area contributed by atoms with Crippen LogP contribution in [0.25, 0.3) is 0 Å². The van der Waals surface area contributed by atoms with Gasteiger partial charge in [-0.25, -0.2) is 0 Å². The van der Waals surface area contributed by atoms with Crippen LogP contribution in [-0.4, -0.2) is 80.1 Å². The molecule has 1 aliphatic rings. The quantitative estimate of drug-likeness (QED) is 0.341. The fourth-order valence-corrected chi connectivity index (χ4v) is 3.88. The molecule has 2 rings (SSSR count). The number of nitrogens with zero attached hydrogens (tertiary/aromatic N) is 3. The lowest BCUT2D eigenvalue weighted by Gasteiger charge is -2.32. The van der Waals surface area contributed by atoms with Crippen LogP contribution in [-0.2, 0) is 11.3 Å². The molecule has 1 saturated heterocycles. The number of nitrogens with one attached hydrogen (secondary N) is 3. The van der Waals surface area contributed by atoms with Crippen molar-refractivity contribution in [3.05, 3.63) is 35.9 Å². The molecule has 1 fully saturated rings. The first-order chi connectivity index (χ1) is 15.5. The van der Waals surface area contributed by atoms with E-state index in [0.29, 0.717) is 18.6 Å². The average molecular weight is 445 g/mol. The van der Waals surface area contributed by atoms with Gasteiger partial charge in [0.1, 0.15) is 0 Å². The molecule has 0 spiro atoms. The second-order valence-corrected chi connectivity index (χ2v) is 8.84. The van der Waals surface area contributed by atoms with Gasteiger partial charge in [0.25, 0.3) is 0 Å². The van der Waals surface area contributed by atoms with Gasteiger partial charge in [-0.1, -0.05) is 37.3 Å². The molecule has 180 valence electrons. The minimum atomic E-state index is 0.138. The molecule has 3 N–H and O–H groups in total. The van der Waals surface area contributed by atoms with Crippen LogP contribution in [0.1, 0.15) is 52.0 Å². The molecular weight excluding hydrogens is 400 g/mol. The predicted molar refractivity (Wildman–Crippen MR) is 134 cm³/mol. The van der Waals surface area contributed by atoms with Crippen molar-refractivity contribution in [2.75, 3.05) is 46.3 Å². The predicted octanol–water partition coefficient (Wildman–Crippen LogP) is 2.44. The number of aliphatic imine (C=N–C) groups is 1. The maximum atomic E-state index is 11.9. The van der Waals surface area contributed by atoms with Gasteiger partial charge in [0.2, 0.25) is 5.91 Å². The highest BCUT2D eigenvalue weighted by Crippen LogP contribution is 2.11. The summed E-state index contributed by atoms with van der Waals surface area (Å²) in [6.07, 6.45) is 4.06. The van der Waals surface area contributed by atoms with E-state index in [1.165, 1.54) is 5.56 Å². The van der Waals surface area contributed by atoms with E-state index in [-0.39, 0.29) is 5.91 Å². The molecule has 0 radical (unpaired) electrons. The van der Waals surface area contributed by atoms with Gasteiger partial charge < -0.3 is 16.0 Å². The summed E-state index contributed by atoms with van der Waals surface area (Å²) in [5.41, 5.74) is 1.34. The summed E-state index contributed by atoms with van der Waals surface area (Å²) in [7, 11) is 2.18. The third kappa shape index (κ3) is 10.0. The van der Waals surface area contributed by atoms with E-state index in [4.69, 9.17) is 4.99 Å². The second kappa shape index (κ2) is 14.9. The number of hydrogen-bond acceptors (Lipinski definition) is 4. The Morgan fingerprint density at radius 3 is 2.56 bits per heavy atom. The number of amides is 1. The summed E-state index contributed by atoms with van der Waals surface area (Å²) in [5.74, 6) is 1.05. The molecule has 0 aliphatic carbocycles. The molecule has 0 aromatic heterocycles. The first-order valence-electron chi connectivity index (χ1n) is 12.3. The fourth-order valence-electron chi connectivity index (χ4n) is 3.88. The van der Waals surface area contributed by atoms with E-state index in [1.54, 1.807) is 0 Å². The van der Waals surface area contributed by atoms with Gasteiger partial charge in [0.05, 0.1) is 6.54 Å². The number of piperidine rings is 1. The molecule has 7 heteroatoms. The van der Waals surface area contributed by atoms with Gasteiger partial charge in [0, 0.05) is 51.4 Å². The second-order valence-electron chi connectivity index (χ2n) is 8.84. The van der Waals surface area contributed by atoms with E-state index in [0.717, 1.165) is 70.9 Å². The lowest BCUT2D eigenvalue weighted by Crippen LogP contribution is -2.50. The number of carbonyl (C=O) groups is 1. The Morgan fingerprint density at radius 1 is 1.19 bits per heavy atom. The Morgan fingerprint density at radius 2 is 1.91 bits per heavy atom. The number of hydrogen-bond donors (Lipinski definition) is 3. The zero-order valence-electron chi connectivity index (χ0n) is 20.6. The first-order valence-corrected chi connectivity index (χ1v) is 12.3. The number of likely N-dealkylation sites (tertiary alicyclic amines) is 1. The zero-order chi connectivity index (χ0) is 23.2. The maximum absolute atomic E-state index is 11.9. The van der Waals surface area contributed by atoms with Crippen LogP contribution < -0.4 is 16.0 Å². The lowest BCUT2D eigenvalue weighted by atomic mass is 10.1. The van der Waals surface area contributed by atoms with Gasteiger partial charge in [-0.3, -0.25) is 19.6 Å². The molecule has 1 atom stereocenters. The lowest BCUT2D eigenvalue weighted by molar-refractivity contribution is -0.122. The molecule has 0 saturated carbocycles. The monoisotopic (exact) mass is 444 g/mol. The van der Waals surface area contributed by atoms with Crippen molar-refractivity contribution in [1.82, 2.24) is 25.8 Å². The minimum Gasteiger partial charge on any atom is -0.357 e. The van der Waals surface area contributed by atoms with Crippen LogP contribution in [0.3, 0.4) is 0 Å². The molecule has 1 unspecified atom stereocenters. The van der Waals surface area contributed by atoms with E-state index in [2.05, 4.69) is 83.9 Å². The van der Waals surface area contributed by atoms with Gasteiger partial charge in [-0.05, 0) is 52.1 Å². The van der Waals surface area contributed by atoms with Crippen LogP contribution in [0, 0.1) is 0 Å². The van der Waals surface area contributed by atoms with Crippen molar-refractivity contribution in [3.8, 4) is 0 Å². The van der Waals surface area contributed by atoms with E-state index >= 15 is 0 Å². The third-order valence-electron chi connectivity index (χ3n) is 6.06. The number of carbonyl (C=O) groups excluding carboxylic acids is 1. The Bertz CT molecular complexity index is 672. The highest BCUT2D eigenvalue weighted by Gasteiger charge is 2.21. The van der Waals surface area contributed by atoms with E-state index < -0.39 is 0 Å². The Hall–Kier alpha value is -2.12. The molecule has 1 heterocycles. The van der Waals surface area contributed by atoms with Crippen LogP contribution in [0.2, 0.25) is 0 Å². The van der Waals surface area contributed by atoms with Gasteiger partial charge in [-0.15, -0.1) is 0 Å². The molecule has 1 aromatic carbocycles. The molecule has 1 aromatic rings. The minimum absolute atomic E-state index is 0.138. The molecule has 7 nitrogen and oxygen atoms in total. The fraction of sp³-hybridized carbons (Fsp3) is 0.680. The van der Waals surface area contributed by atoms with Gasteiger partial charge >= 0.3 is 0 Å². The van der Waals surface area contributed by atoms with Crippen molar-refractivity contribution < 1.29 is 4.79 Å². The van der Waals surface area contributed by atoms with Crippen molar-refractivity contribution >= 4 is 11.9 Å². The van der Waals surface area contributed by atoms with E-state index in [9.17, 15) is 4.79 Å². The van der Waals surface area contributed by atoms with Crippen molar-refractivity contribution in [2.45, 2.75) is 65.1 Å². The molecule has 0 bridgehead atoms. The topological polar surface area (TPSA) is 72.0 Å². The standard InChI is InChI=1S/C25H44N6O/c1-5-15-27-24(32)20-31-17-13-23(14-18-31)29-25(26-6-2)28-16-12-21(3)30(4)19-22-10-8-7-9-11-22/h7-11,21,23H,5-6,12-20H2,1-4H3,(H,27,32)(H2,26,28,29).